The molecule has 0 bridgehead atoms. The summed E-state index contributed by atoms with van der Waals surface area (Å²) in [6.45, 7) is 5.88. The minimum Gasteiger partial charge on any atom is -0.144 e. The van der Waals surface area contributed by atoms with Gasteiger partial charge < -0.3 is 0 Å². The quantitative estimate of drug-likeness (QED) is 0.411. The minimum atomic E-state index is 0.877. The zero-order valence-electron chi connectivity index (χ0n) is 8.42. The van der Waals surface area contributed by atoms with Gasteiger partial charge in [-0.2, -0.15) is 0 Å². The van der Waals surface area contributed by atoms with E-state index in [4.69, 9.17) is 0 Å². The second kappa shape index (κ2) is 6.34. The maximum absolute atomic E-state index is 3.84. The van der Waals surface area contributed by atoms with Crippen LogP contribution in [0.5, 0.6) is 0 Å². The molecule has 0 atom stereocenters. The fourth-order valence-electron chi connectivity index (χ4n) is 0.936. The van der Waals surface area contributed by atoms with Crippen LogP contribution in [0.25, 0.3) is 0 Å². The van der Waals surface area contributed by atoms with Crippen LogP contribution in [0.2, 0.25) is 0 Å². The van der Waals surface area contributed by atoms with Crippen LogP contribution < -0.4 is 0 Å². The molecule has 0 nitrogen and oxygen atoms in total. The average molecular weight is 202 g/mol. The molecular formula is C13H14S. The normalized spacial score (nSPS) is 8.93. The average Bonchev–Trinajstić information content (AvgIpc) is 2.18. The summed E-state index contributed by atoms with van der Waals surface area (Å²) in [5.74, 6) is 8.13. The second-order valence-electron chi connectivity index (χ2n) is 3.12. The van der Waals surface area contributed by atoms with Crippen molar-refractivity contribution in [1.82, 2.24) is 0 Å². The first-order chi connectivity index (χ1) is 6.79. The Kier molecular flexibility index (Phi) is 4.96. The van der Waals surface area contributed by atoms with E-state index >= 15 is 0 Å². The zero-order chi connectivity index (χ0) is 10.2. The van der Waals surface area contributed by atoms with Crippen LogP contribution in [0.3, 0.4) is 0 Å². The van der Waals surface area contributed by atoms with Crippen molar-refractivity contribution in [3.8, 4) is 11.8 Å². The standard InChI is InChI=1S/C13H14S/c1-12(2)11-14-10-6-9-13-7-4-3-5-8-13/h3-5,7-8H,1,10-11H2,2H3. The molecule has 14 heavy (non-hydrogen) atoms. The van der Waals surface area contributed by atoms with Crippen LogP contribution >= 0.6 is 11.8 Å². The predicted octanol–water partition coefficient (Wildman–Crippen LogP) is 3.35. The van der Waals surface area contributed by atoms with Gasteiger partial charge in [-0.3, -0.25) is 0 Å². The fraction of sp³-hybridized carbons (Fsp3) is 0.231. The summed E-state index contributed by atoms with van der Waals surface area (Å²) in [6.07, 6.45) is 0. The zero-order valence-corrected chi connectivity index (χ0v) is 9.23. The van der Waals surface area contributed by atoms with E-state index in [9.17, 15) is 0 Å². The van der Waals surface area contributed by atoms with Crippen molar-refractivity contribution in [2.45, 2.75) is 6.92 Å². The molecule has 72 valence electrons. The molecule has 0 aliphatic rings. The van der Waals surface area contributed by atoms with Crippen LogP contribution in [0.1, 0.15) is 12.5 Å². The van der Waals surface area contributed by atoms with E-state index in [1.165, 1.54) is 5.57 Å². The van der Waals surface area contributed by atoms with Gasteiger partial charge in [-0.05, 0) is 19.1 Å². The summed E-state index contributed by atoms with van der Waals surface area (Å²) >= 11 is 1.81. The molecule has 0 fully saturated rings. The molecule has 0 spiro atoms. The number of hydrogen-bond donors (Lipinski definition) is 0. The summed E-state index contributed by atoms with van der Waals surface area (Å²) in [5.41, 5.74) is 2.29. The lowest BCUT2D eigenvalue weighted by atomic mass is 10.2. The molecule has 0 saturated heterocycles. The number of thioether (sulfide) groups is 1. The third-order valence-corrected chi connectivity index (χ3v) is 2.57. The Labute approximate surface area is 90.4 Å². The molecule has 0 radical (unpaired) electrons. The van der Waals surface area contributed by atoms with E-state index < -0.39 is 0 Å². The molecule has 0 unspecified atom stereocenters. The maximum Gasteiger partial charge on any atom is 0.0554 e. The van der Waals surface area contributed by atoms with Gasteiger partial charge in [0.1, 0.15) is 0 Å². The van der Waals surface area contributed by atoms with Gasteiger partial charge in [-0.1, -0.05) is 42.2 Å². The van der Waals surface area contributed by atoms with Crippen molar-refractivity contribution in [1.29, 1.82) is 0 Å². The van der Waals surface area contributed by atoms with Gasteiger partial charge in [0.15, 0.2) is 0 Å². The molecule has 0 amide bonds. The third-order valence-electron chi connectivity index (χ3n) is 1.53. The van der Waals surface area contributed by atoms with Crippen LogP contribution in [0.15, 0.2) is 42.5 Å². The summed E-state index contributed by atoms with van der Waals surface area (Å²) in [4.78, 5) is 0. The fourth-order valence-corrected chi connectivity index (χ4v) is 1.56. The van der Waals surface area contributed by atoms with Crippen molar-refractivity contribution in [2.24, 2.45) is 0 Å². The first-order valence-electron chi connectivity index (χ1n) is 4.55. The molecule has 1 rings (SSSR count). The smallest absolute Gasteiger partial charge is 0.0554 e. The lowest BCUT2D eigenvalue weighted by Gasteiger charge is -1.93. The van der Waals surface area contributed by atoms with Crippen molar-refractivity contribution >= 4 is 11.8 Å². The molecule has 1 heteroatoms. The molecule has 0 saturated carbocycles. The van der Waals surface area contributed by atoms with Crippen molar-refractivity contribution in [3.05, 3.63) is 48.0 Å². The molecule has 1 aromatic rings. The first-order valence-corrected chi connectivity index (χ1v) is 5.70. The molecule has 1 aromatic carbocycles. The summed E-state index contributed by atoms with van der Waals surface area (Å²) in [5, 5.41) is 0. The Morgan fingerprint density at radius 3 is 2.71 bits per heavy atom. The van der Waals surface area contributed by atoms with Crippen molar-refractivity contribution < 1.29 is 0 Å². The lowest BCUT2D eigenvalue weighted by molar-refractivity contribution is 1.44. The minimum absolute atomic E-state index is 0.877. The Balaban J connectivity index is 2.31. The Bertz CT molecular complexity index is 340. The SMILES string of the molecule is C=C(C)CSCC#Cc1ccccc1. The van der Waals surface area contributed by atoms with Crippen LogP contribution in [0.4, 0.5) is 0 Å². The van der Waals surface area contributed by atoms with E-state index in [2.05, 4.69) is 18.4 Å². The highest BCUT2D eigenvalue weighted by Gasteiger charge is 1.85. The molecule has 0 N–H and O–H groups in total. The van der Waals surface area contributed by atoms with E-state index in [1.807, 2.05) is 49.0 Å². The molecular weight excluding hydrogens is 188 g/mol. The highest BCUT2D eigenvalue weighted by atomic mass is 32.2. The first kappa shape index (κ1) is 10.9. The molecule has 0 heterocycles. The molecule has 0 aromatic heterocycles. The second-order valence-corrected chi connectivity index (χ2v) is 4.10. The summed E-state index contributed by atoms with van der Waals surface area (Å²) < 4.78 is 0. The maximum atomic E-state index is 3.84. The van der Waals surface area contributed by atoms with E-state index in [0.29, 0.717) is 0 Å². The number of rotatable bonds is 3. The van der Waals surface area contributed by atoms with Gasteiger partial charge in [0.05, 0.1) is 5.75 Å². The lowest BCUT2D eigenvalue weighted by Crippen LogP contribution is -1.80. The van der Waals surface area contributed by atoms with Crippen molar-refractivity contribution in [2.75, 3.05) is 11.5 Å². The third kappa shape index (κ3) is 4.79. The van der Waals surface area contributed by atoms with Gasteiger partial charge in [-0.15, -0.1) is 11.8 Å². The highest BCUT2D eigenvalue weighted by molar-refractivity contribution is 7.99. The van der Waals surface area contributed by atoms with Gasteiger partial charge in [0.25, 0.3) is 0 Å². The van der Waals surface area contributed by atoms with E-state index in [1.54, 1.807) is 0 Å². The molecule has 0 aliphatic carbocycles. The highest BCUT2D eigenvalue weighted by Crippen LogP contribution is 2.04. The summed E-state index contributed by atoms with van der Waals surface area (Å²) in [6, 6.07) is 10.1. The van der Waals surface area contributed by atoms with E-state index in [0.717, 1.165) is 17.1 Å². The largest absolute Gasteiger partial charge is 0.144 e. The monoisotopic (exact) mass is 202 g/mol. The topological polar surface area (TPSA) is 0 Å². The van der Waals surface area contributed by atoms with Crippen LogP contribution in [-0.2, 0) is 0 Å². The predicted molar refractivity (Wildman–Crippen MR) is 65.5 cm³/mol. The Hall–Kier alpha value is -1.13. The molecule has 0 aliphatic heterocycles. The summed E-state index contributed by atoms with van der Waals surface area (Å²) in [7, 11) is 0. The van der Waals surface area contributed by atoms with Gasteiger partial charge in [-0.25, -0.2) is 0 Å². The van der Waals surface area contributed by atoms with Crippen molar-refractivity contribution in [3.63, 3.8) is 0 Å². The van der Waals surface area contributed by atoms with Gasteiger partial charge in [0, 0.05) is 11.3 Å². The number of hydrogen-bond acceptors (Lipinski definition) is 1. The van der Waals surface area contributed by atoms with Gasteiger partial charge in [0.2, 0.25) is 0 Å². The number of benzene rings is 1. The van der Waals surface area contributed by atoms with Crippen LogP contribution in [-0.4, -0.2) is 11.5 Å². The Morgan fingerprint density at radius 2 is 2.07 bits per heavy atom. The van der Waals surface area contributed by atoms with Gasteiger partial charge >= 0.3 is 0 Å². The Morgan fingerprint density at radius 1 is 1.36 bits per heavy atom. The van der Waals surface area contributed by atoms with E-state index in [-0.39, 0.29) is 0 Å². The van der Waals surface area contributed by atoms with Crippen LogP contribution in [0, 0.1) is 11.8 Å².